The fraction of sp³-hybridized carbons (Fsp3) is 0.562. The van der Waals surface area contributed by atoms with Gasteiger partial charge in [0, 0.05) is 28.5 Å². The number of carbonyl (C=O) groups is 1. The Labute approximate surface area is 125 Å². The monoisotopic (exact) mass is 291 g/mol. The van der Waals surface area contributed by atoms with Crippen molar-refractivity contribution in [3.63, 3.8) is 0 Å². The molecule has 116 valence electrons. The van der Waals surface area contributed by atoms with Crippen LogP contribution in [0, 0.1) is 0 Å². The Morgan fingerprint density at radius 3 is 2.38 bits per heavy atom. The van der Waals surface area contributed by atoms with E-state index < -0.39 is 5.97 Å². The van der Waals surface area contributed by atoms with Crippen LogP contribution in [0.25, 0.3) is 0 Å². The predicted octanol–water partition coefficient (Wildman–Crippen LogP) is 2.69. The van der Waals surface area contributed by atoms with E-state index in [2.05, 4.69) is 38.3 Å². The summed E-state index contributed by atoms with van der Waals surface area (Å²) in [4.78, 5) is 11.4. The molecule has 1 saturated heterocycles. The van der Waals surface area contributed by atoms with Gasteiger partial charge in [-0.1, -0.05) is 0 Å². The number of nitrogens with one attached hydrogen (secondary N) is 2. The number of piperidine rings is 1. The zero-order valence-corrected chi connectivity index (χ0v) is 13.2. The third-order valence-corrected chi connectivity index (χ3v) is 3.82. The number of benzene rings is 1. The lowest BCUT2D eigenvalue weighted by atomic mass is 9.79. The zero-order chi connectivity index (χ0) is 15.8. The minimum absolute atomic E-state index is 0.0105. The van der Waals surface area contributed by atoms with Crippen molar-refractivity contribution in [2.75, 3.05) is 11.1 Å². The molecule has 0 aliphatic carbocycles. The van der Waals surface area contributed by atoms with Gasteiger partial charge in [-0.2, -0.15) is 0 Å². The summed E-state index contributed by atoms with van der Waals surface area (Å²) in [6, 6.07) is 5.20. The number of rotatable bonds is 3. The number of nitrogen functional groups attached to an aromatic ring is 1. The quantitative estimate of drug-likeness (QED) is 0.643. The van der Waals surface area contributed by atoms with E-state index >= 15 is 0 Å². The zero-order valence-electron chi connectivity index (χ0n) is 13.2. The van der Waals surface area contributed by atoms with Crippen LogP contribution < -0.4 is 16.4 Å². The maximum Gasteiger partial charge on any atom is 0.337 e. The molecule has 1 aromatic rings. The van der Waals surface area contributed by atoms with E-state index in [9.17, 15) is 9.90 Å². The standard InChI is InChI=1S/C16H25N3O2/c1-15(2)8-11(9-16(3,4)19-15)18-13-6-5-10(17)7-12(13)14(20)21/h5-7,11,18-19H,8-9,17H2,1-4H3,(H,20,21). The Morgan fingerprint density at radius 1 is 1.29 bits per heavy atom. The Bertz CT molecular complexity index is 536. The summed E-state index contributed by atoms with van der Waals surface area (Å²) < 4.78 is 0. The maximum absolute atomic E-state index is 11.4. The second kappa shape index (κ2) is 5.22. The van der Waals surface area contributed by atoms with Gasteiger partial charge in [0.1, 0.15) is 0 Å². The highest BCUT2D eigenvalue weighted by Gasteiger charge is 2.37. The third-order valence-electron chi connectivity index (χ3n) is 3.82. The van der Waals surface area contributed by atoms with Gasteiger partial charge in [0.05, 0.1) is 5.56 Å². The summed E-state index contributed by atoms with van der Waals surface area (Å²) in [5.74, 6) is -0.961. The van der Waals surface area contributed by atoms with Gasteiger partial charge in [0.15, 0.2) is 0 Å². The van der Waals surface area contributed by atoms with Crippen LogP contribution in [0.4, 0.5) is 11.4 Å². The van der Waals surface area contributed by atoms with E-state index in [1.54, 1.807) is 12.1 Å². The Balaban J connectivity index is 2.24. The fourth-order valence-electron chi connectivity index (χ4n) is 3.51. The van der Waals surface area contributed by atoms with Crippen molar-refractivity contribution in [3.05, 3.63) is 23.8 Å². The van der Waals surface area contributed by atoms with Crippen LogP contribution in [-0.4, -0.2) is 28.2 Å². The minimum atomic E-state index is -0.961. The summed E-state index contributed by atoms with van der Waals surface area (Å²) in [6.45, 7) is 8.68. The van der Waals surface area contributed by atoms with E-state index in [1.807, 2.05) is 0 Å². The number of nitrogens with two attached hydrogens (primary N) is 1. The average Bonchev–Trinajstić information content (AvgIpc) is 2.27. The van der Waals surface area contributed by atoms with Crippen LogP contribution in [0.5, 0.6) is 0 Å². The molecular formula is C16H25N3O2. The maximum atomic E-state index is 11.4. The Morgan fingerprint density at radius 2 is 1.86 bits per heavy atom. The number of anilines is 2. The highest BCUT2D eigenvalue weighted by atomic mass is 16.4. The largest absolute Gasteiger partial charge is 0.478 e. The van der Waals surface area contributed by atoms with Gasteiger partial charge in [-0.05, 0) is 58.7 Å². The molecule has 5 heteroatoms. The molecule has 0 amide bonds. The predicted molar refractivity (Wildman–Crippen MR) is 85.8 cm³/mol. The lowest BCUT2D eigenvalue weighted by Gasteiger charge is -2.47. The lowest BCUT2D eigenvalue weighted by molar-refractivity contribution is 0.0698. The van der Waals surface area contributed by atoms with Crippen LogP contribution in [0.15, 0.2) is 18.2 Å². The average molecular weight is 291 g/mol. The van der Waals surface area contributed by atoms with Gasteiger partial charge in [0.25, 0.3) is 0 Å². The van der Waals surface area contributed by atoms with E-state index in [0.717, 1.165) is 12.8 Å². The van der Waals surface area contributed by atoms with E-state index in [-0.39, 0.29) is 22.7 Å². The van der Waals surface area contributed by atoms with Gasteiger partial charge in [-0.15, -0.1) is 0 Å². The third kappa shape index (κ3) is 3.88. The van der Waals surface area contributed by atoms with Crippen molar-refractivity contribution < 1.29 is 9.90 Å². The Hall–Kier alpha value is -1.75. The molecule has 1 aliphatic rings. The molecule has 0 spiro atoms. The van der Waals surface area contributed by atoms with Crippen LogP contribution >= 0.6 is 0 Å². The molecule has 0 atom stereocenters. The second-order valence-electron chi connectivity index (χ2n) is 7.25. The first-order valence-corrected chi connectivity index (χ1v) is 7.27. The van der Waals surface area contributed by atoms with Gasteiger partial charge < -0.3 is 21.5 Å². The summed E-state index contributed by atoms with van der Waals surface area (Å²) >= 11 is 0. The van der Waals surface area contributed by atoms with Crippen molar-refractivity contribution in [2.45, 2.75) is 57.7 Å². The van der Waals surface area contributed by atoms with Crippen LogP contribution in [0.3, 0.4) is 0 Å². The summed E-state index contributed by atoms with van der Waals surface area (Å²) in [5.41, 5.74) is 7.03. The summed E-state index contributed by atoms with van der Waals surface area (Å²) in [6.07, 6.45) is 1.86. The number of hydrogen-bond donors (Lipinski definition) is 4. The molecule has 0 bridgehead atoms. The molecule has 1 fully saturated rings. The first-order valence-electron chi connectivity index (χ1n) is 7.27. The van der Waals surface area contributed by atoms with E-state index in [1.165, 1.54) is 6.07 Å². The van der Waals surface area contributed by atoms with Crippen molar-refractivity contribution in [1.29, 1.82) is 0 Å². The molecule has 2 rings (SSSR count). The summed E-state index contributed by atoms with van der Waals surface area (Å²) in [7, 11) is 0. The van der Waals surface area contributed by atoms with Gasteiger partial charge in [-0.25, -0.2) is 4.79 Å². The molecule has 0 aromatic heterocycles. The highest BCUT2D eigenvalue weighted by molar-refractivity contribution is 5.95. The highest BCUT2D eigenvalue weighted by Crippen LogP contribution is 2.31. The van der Waals surface area contributed by atoms with Crippen LogP contribution in [0.2, 0.25) is 0 Å². The van der Waals surface area contributed by atoms with Crippen molar-refractivity contribution in [3.8, 4) is 0 Å². The normalized spacial score (nSPS) is 21.0. The smallest absolute Gasteiger partial charge is 0.337 e. The van der Waals surface area contributed by atoms with Crippen molar-refractivity contribution >= 4 is 17.3 Å². The second-order valence-corrected chi connectivity index (χ2v) is 7.25. The molecular weight excluding hydrogens is 266 g/mol. The van der Waals surface area contributed by atoms with Crippen molar-refractivity contribution in [1.82, 2.24) is 5.32 Å². The fourth-order valence-corrected chi connectivity index (χ4v) is 3.51. The number of carboxylic acid groups (broad SMARTS) is 1. The molecule has 0 unspecified atom stereocenters. The van der Waals surface area contributed by atoms with Gasteiger partial charge >= 0.3 is 5.97 Å². The Kier molecular flexibility index (Phi) is 3.89. The molecule has 0 saturated carbocycles. The van der Waals surface area contributed by atoms with E-state index in [0.29, 0.717) is 11.4 Å². The number of aromatic carboxylic acids is 1. The molecule has 0 radical (unpaired) electrons. The molecule has 1 aromatic carbocycles. The first kappa shape index (κ1) is 15.6. The topological polar surface area (TPSA) is 87.4 Å². The molecule has 1 aliphatic heterocycles. The first-order chi connectivity index (χ1) is 9.58. The molecule has 21 heavy (non-hydrogen) atoms. The SMILES string of the molecule is CC1(C)CC(Nc2ccc(N)cc2C(=O)O)CC(C)(C)N1. The molecule has 5 nitrogen and oxygen atoms in total. The molecule has 5 N–H and O–H groups in total. The molecule has 1 heterocycles. The van der Waals surface area contributed by atoms with Crippen LogP contribution in [0.1, 0.15) is 50.9 Å². The van der Waals surface area contributed by atoms with Crippen LogP contribution in [-0.2, 0) is 0 Å². The lowest BCUT2D eigenvalue weighted by Crippen LogP contribution is -2.60. The van der Waals surface area contributed by atoms with E-state index in [4.69, 9.17) is 5.73 Å². The minimum Gasteiger partial charge on any atom is -0.478 e. The number of hydrogen-bond acceptors (Lipinski definition) is 4. The van der Waals surface area contributed by atoms with Gasteiger partial charge in [0.2, 0.25) is 0 Å². The summed E-state index contributed by atoms with van der Waals surface area (Å²) in [5, 5.41) is 16.3. The number of carboxylic acids is 1. The van der Waals surface area contributed by atoms with Crippen molar-refractivity contribution in [2.24, 2.45) is 0 Å². The van der Waals surface area contributed by atoms with Gasteiger partial charge in [-0.3, -0.25) is 0 Å².